The second-order valence-electron chi connectivity index (χ2n) is 6.06. The Morgan fingerprint density at radius 1 is 1.19 bits per heavy atom. The van der Waals surface area contributed by atoms with Crippen LogP contribution in [-0.2, 0) is 15.6 Å². The SMILES string of the molecule is CC1(c2cccc(NS(=O)(=O)c3c(F)cccc3F)c2)CCSC(N)=N1. The molecule has 26 heavy (non-hydrogen) atoms. The van der Waals surface area contributed by atoms with Gasteiger partial charge in [0.1, 0.15) is 11.6 Å². The Balaban J connectivity index is 1.96. The van der Waals surface area contributed by atoms with Gasteiger partial charge in [-0.3, -0.25) is 9.71 Å². The molecule has 5 nitrogen and oxygen atoms in total. The Hall–Kier alpha value is -2.13. The first-order valence-electron chi connectivity index (χ1n) is 7.77. The fourth-order valence-electron chi connectivity index (χ4n) is 2.76. The number of thioether (sulfide) groups is 1. The van der Waals surface area contributed by atoms with Crippen LogP contribution in [-0.4, -0.2) is 19.3 Å². The standard InChI is InChI=1S/C17H17F2N3O2S2/c1-17(8-9-25-16(20)21-17)11-4-2-5-12(10-11)22-26(23,24)15-13(18)6-3-7-14(15)19/h2-7,10,22H,8-9H2,1H3,(H2,20,21). The summed E-state index contributed by atoms with van der Waals surface area (Å²) in [6, 6.07) is 9.47. The number of rotatable bonds is 4. The van der Waals surface area contributed by atoms with Crippen molar-refractivity contribution >= 4 is 32.6 Å². The van der Waals surface area contributed by atoms with E-state index < -0.39 is 32.1 Å². The smallest absolute Gasteiger partial charge is 0.267 e. The van der Waals surface area contributed by atoms with Crippen LogP contribution in [0.2, 0.25) is 0 Å². The van der Waals surface area contributed by atoms with Crippen LogP contribution in [0.3, 0.4) is 0 Å². The molecule has 138 valence electrons. The van der Waals surface area contributed by atoms with Crippen LogP contribution in [0.1, 0.15) is 18.9 Å². The quantitative estimate of drug-likeness (QED) is 0.828. The van der Waals surface area contributed by atoms with Gasteiger partial charge in [0, 0.05) is 11.4 Å². The number of hydrogen-bond donors (Lipinski definition) is 2. The molecule has 0 amide bonds. The number of nitrogens with two attached hydrogens (primary N) is 1. The van der Waals surface area contributed by atoms with Crippen molar-refractivity contribution in [2.75, 3.05) is 10.5 Å². The highest BCUT2D eigenvalue weighted by Crippen LogP contribution is 2.36. The molecule has 0 saturated heterocycles. The molecule has 0 radical (unpaired) electrons. The second kappa shape index (κ2) is 6.88. The van der Waals surface area contributed by atoms with Crippen LogP contribution in [0.5, 0.6) is 0 Å². The normalized spacial score (nSPS) is 20.5. The molecule has 0 fully saturated rings. The van der Waals surface area contributed by atoms with E-state index in [1.807, 2.05) is 13.0 Å². The summed E-state index contributed by atoms with van der Waals surface area (Å²) in [5.74, 6) is -1.51. The topological polar surface area (TPSA) is 84.5 Å². The molecule has 1 atom stereocenters. The molecule has 1 heterocycles. The third-order valence-electron chi connectivity index (χ3n) is 4.12. The third-order valence-corrected chi connectivity index (χ3v) is 6.35. The predicted molar refractivity (Wildman–Crippen MR) is 99.7 cm³/mol. The number of benzene rings is 2. The minimum Gasteiger partial charge on any atom is -0.379 e. The van der Waals surface area contributed by atoms with E-state index in [4.69, 9.17) is 5.73 Å². The minimum atomic E-state index is -4.42. The number of amidine groups is 1. The number of halogens is 2. The molecule has 2 aromatic carbocycles. The second-order valence-corrected chi connectivity index (χ2v) is 8.79. The lowest BCUT2D eigenvalue weighted by Crippen LogP contribution is -2.28. The molecule has 3 N–H and O–H groups in total. The molecule has 9 heteroatoms. The first kappa shape index (κ1) is 18.7. The van der Waals surface area contributed by atoms with Gasteiger partial charge in [0.2, 0.25) is 0 Å². The Morgan fingerprint density at radius 3 is 2.50 bits per heavy atom. The molecular formula is C17H17F2N3O2S2. The van der Waals surface area contributed by atoms with Gasteiger partial charge in [-0.25, -0.2) is 17.2 Å². The summed E-state index contributed by atoms with van der Waals surface area (Å²) in [4.78, 5) is 3.46. The average molecular weight is 397 g/mol. The van der Waals surface area contributed by atoms with Crippen LogP contribution in [0.15, 0.2) is 52.4 Å². The van der Waals surface area contributed by atoms with Crippen molar-refractivity contribution in [2.45, 2.75) is 23.8 Å². The maximum atomic E-state index is 13.8. The lowest BCUT2D eigenvalue weighted by molar-refractivity contribution is 0.482. The van der Waals surface area contributed by atoms with E-state index in [1.54, 1.807) is 12.1 Å². The minimum absolute atomic E-state index is 0.193. The molecule has 1 aliphatic rings. The van der Waals surface area contributed by atoms with E-state index in [2.05, 4.69) is 9.71 Å². The van der Waals surface area contributed by atoms with Crippen LogP contribution in [0.25, 0.3) is 0 Å². The number of nitrogens with one attached hydrogen (secondary N) is 1. The van der Waals surface area contributed by atoms with E-state index in [0.29, 0.717) is 5.17 Å². The van der Waals surface area contributed by atoms with Crippen LogP contribution < -0.4 is 10.5 Å². The first-order valence-corrected chi connectivity index (χ1v) is 10.2. The zero-order valence-electron chi connectivity index (χ0n) is 13.9. The molecule has 1 aliphatic heterocycles. The summed E-state index contributed by atoms with van der Waals surface area (Å²) in [5, 5.41) is 0.471. The molecule has 3 rings (SSSR count). The molecule has 0 aliphatic carbocycles. The summed E-state index contributed by atoms with van der Waals surface area (Å²) in [6.07, 6.45) is 0.733. The summed E-state index contributed by atoms with van der Waals surface area (Å²) < 4.78 is 54.7. The fraction of sp³-hybridized carbons (Fsp3) is 0.235. The van der Waals surface area contributed by atoms with Gasteiger partial charge in [-0.15, -0.1) is 0 Å². The van der Waals surface area contributed by atoms with Crippen molar-refractivity contribution in [3.63, 3.8) is 0 Å². The highest BCUT2D eigenvalue weighted by atomic mass is 32.2. The van der Waals surface area contributed by atoms with Crippen molar-refractivity contribution in [1.29, 1.82) is 0 Å². The predicted octanol–water partition coefficient (Wildman–Crippen LogP) is 3.43. The van der Waals surface area contributed by atoms with Gasteiger partial charge in [-0.1, -0.05) is 30.0 Å². The lowest BCUT2D eigenvalue weighted by Gasteiger charge is -2.30. The lowest BCUT2D eigenvalue weighted by atomic mass is 9.89. The number of anilines is 1. The van der Waals surface area contributed by atoms with Gasteiger partial charge >= 0.3 is 0 Å². The Morgan fingerprint density at radius 2 is 1.85 bits per heavy atom. The van der Waals surface area contributed by atoms with E-state index >= 15 is 0 Å². The summed E-state index contributed by atoms with van der Waals surface area (Å²) in [7, 11) is -4.42. The van der Waals surface area contributed by atoms with Crippen LogP contribution >= 0.6 is 11.8 Å². The number of nitrogens with zero attached hydrogens (tertiary/aromatic N) is 1. The molecule has 0 aromatic heterocycles. The fourth-order valence-corrected chi connectivity index (χ4v) is 4.92. The average Bonchev–Trinajstić information content (AvgIpc) is 2.54. The molecule has 1 unspecified atom stereocenters. The molecule has 0 spiro atoms. The van der Waals surface area contributed by atoms with Gasteiger partial charge in [0.15, 0.2) is 10.1 Å². The van der Waals surface area contributed by atoms with Gasteiger partial charge < -0.3 is 5.73 Å². The highest BCUT2D eigenvalue weighted by molar-refractivity contribution is 8.13. The van der Waals surface area contributed by atoms with Gasteiger partial charge in [0.25, 0.3) is 10.0 Å². The summed E-state index contributed by atoms with van der Waals surface area (Å²) in [6.45, 7) is 1.91. The summed E-state index contributed by atoms with van der Waals surface area (Å²) in [5.41, 5.74) is 6.18. The van der Waals surface area contributed by atoms with Crippen molar-refractivity contribution in [3.8, 4) is 0 Å². The van der Waals surface area contributed by atoms with E-state index in [-0.39, 0.29) is 5.69 Å². The van der Waals surface area contributed by atoms with Crippen LogP contribution in [0, 0.1) is 11.6 Å². The van der Waals surface area contributed by atoms with E-state index in [1.165, 1.54) is 17.8 Å². The monoisotopic (exact) mass is 397 g/mol. The van der Waals surface area contributed by atoms with E-state index in [0.717, 1.165) is 35.9 Å². The molecular weight excluding hydrogens is 380 g/mol. The maximum absolute atomic E-state index is 13.8. The zero-order valence-corrected chi connectivity index (χ0v) is 15.5. The van der Waals surface area contributed by atoms with Crippen molar-refractivity contribution < 1.29 is 17.2 Å². The molecule has 2 aromatic rings. The first-order chi connectivity index (χ1) is 12.2. The summed E-state index contributed by atoms with van der Waals surface area (Å²) >= 11 is 1.46. The van der Waals surface area contributed by atoms with Gasteiger partial charge in [0.05, 0.1) is 5.54 Å². The highest BCUT2D eigenvalue weighted by Gasteiger charge is 2.30. The van der Waals surface area contributed by atoms with Crippen molar-refractivity contribution in [3.05, 3.63) is 59.7 Å². The molecule has 0 bridgehead atoms. The Bertz CT molecular complexity index is 959. The van der Waals surface area contributed by atoms with Gasteiger partial charge in [-0.2, -0.15) is 0 Å². The van der Waals surface area contributed by atoms with Crippen molar-refractivity contribution in [1.82, 2.24) is 0 Å². The van der Waals surface area contributed by atoms with Gasteiger partial charge in [-0.05, 0) is 43.2 Å². The van der Waals surface area contributed by atoms with E-state index in [9.17, 15) is 17.2 Å². The largest absolute Gasteiger partial charge is 0.379 e. The Kier molecular flexibility index (Phi) is 4.94. The molecule has 0 saturated carbocycles. The maximum Gasteiger partial charge on any atom is 0.267 e. The number of hydrogen-bond acceptors (Lipinski definition) is 5. The van der Waals surface area contributed by atoms with Crippen molar-refractivity contribution in [2.24, 2.45) is 10.7 Å². The Labute approximate surface area is 154 Å². The third kappa shape index (κ3) is 3.68. The number of aliphatic imine (C=N–C) groups is 1. The zero-order chi connectivity index (χ0) is 18.9. The number of sulfonamides is 1. The van der Waals surface area contributed by atoms with Crippen LogP contribution in [0.4, 0.5) is 14.5 Å².